The third kappa shape index (κ3) is 3.15. The highest BCUT2D eigenvalue weighted by Gasteiger charge is 2.19. The van der Waals surface area contributed by atoms with E-state index in [0.717, 1.165) is 48.8 Å². The lowest BCUT2D eigenvalue weighted by molar-refractivity contribution is 0.318. The lowest BCUT2D eigenvalue weighted by Gasteiger charge is -2.25. The highest BCUT2D eigenvalue weighted by Crippen LogP contribution is 2.29. The highest BCUT2D eigenvalue weighted by atomic mass is 16.5. The molecule has 1 aliphatic rings. The molecule has 0 aromatic heterocycles. The average Bonchev–Trinajstić information content (AvgIpc) is 2.70. The van der Waals surface area contributed by atoms with Crippen molar-refractivity contribution in [3.63, 3.8) is 0 Å². The van der Waals surface area contributed by atoms with Crippen LogP contribution in [0.2, 0.25) is 0 Å². The average molecular weight is 277 g/mol. The molecule has 2 rings (SSSR count). The Morgan fingerprint density at radius 2 is 2.20 bits per heavy atom. The summed E-state index contributed by atoms with van der Waals surface area (Å²) in [5.41, 5.74) is 7.53. The number of benzene rings is 1. The summed E-state index contributed by atoms with van der Waals surface area (Å²) in [5, 5.41) is 12.1. The maximum atomic E-state index is 8.95. The van der Waals surface area contributed by atoms with Gasteiger partial charge in [-0.05, 0) is 37.3 Å². The second-order valence-corrected chi connectivity index (χ2v) is 5.39. The van der Waals surface area contributed by atoms with E-state index in [1.165, 1.54) is 6.42 Å². The van der Waals surface area contributed by atoms with Gasteiger partial charge in [0.2, 0.25) is 0 Å². The van der Waals surface area contributed by atoms with Crippen LogP contribution in [0.5, 0.6) is 5.75 Å². The van der Waals surface area contributed by atoms with E-state index in [4.69, 9.17) is 15.7 Å². The lowest BCUT2D eigenvalue weighted by atomic mass is 10.0. The number of rotatable bonds is 3. The van der Waals surface area contributed by atoms with Gasteiger partial charge in [-0.25, -0.2) is 0 Å². The van der Waals surface area contributed by atoms with Crippen molar-refractivity contribution in [2.24, 2.45) is 16.8 Å². The fourth-order valence-electron chi connectivity index (χ4n) is 2.67. The van der Waals surface area contributed by atoms with Crippen molar-refractivity contribution in [1.29, 1.82) is 0 Å². The van der Waals surface area contributed by atoms with Crippen LogP contribution in [0.1, 0.15) is 31.7 Å². The monoisotopic (exact) mass is 277 g/mol. The van der Waals surface area contributed by atoms with E-state index in [1.54, 1.807) is 7.11 Å². The molecular weight excluding hydrogens is 254 g/mol. The van der Waals surface area contributed by atoms with E-state index >= 15 is 0 Å². The van der Waals surface area contributed by atoms with E-state index in [0.29, 0.717) is 0 Å². The van der Waals surface area contributed by atoms with Crippen LogP contribution in [0, 0.1) is 5.92 Å². The van der Waals surface area contributed by atoms with Gasteiger partial charge in [-0.2, -0.15) is 0 Å². The molecule has 5 nitrogen and oxygen atoms in total. The van der Waals surface area contributed by atoms with Crippen molar-refractivity contribution < 1.29 is 9.94 Å². The molecule has 0 aliphatic carbocycles. The van der Waals surface area contributed by atoms with Crippen LogP contribution in [0.15, 0.2) is 23.4 Å². The van der Waals surface area contributed by atoms with Gasteiger partial charge in [0, 0.05) is 24.7 Å². The Hall–Kier alpha value is -1.91. The Balaban J connectivity index is 2.36. The molecule has 0 bridgehead atoms. The minimum atomic E-state index is 0.139. The Labute approximate surface area is 120 Å². The fraction of sp³-hybridized carbons (Fsp3) is 0.533. The van der Waals surface area contributed by atoms with Crippen molar-refractivity contribution in [3.05, 3.63) is 23.8 Å². The number of nitrogens with zero attached hydrogens (tertiary/aromatic N) is 2. The second-order valence-electron chi connectivity index (χ2n) is 5.39. The molecule has 110 valence electrons. The first-order chi connectivity index (χ1) is 9.65. The standard InChI is InChI=1S/C15H23N3O2/c1-11-4-3-8-18(9-7-11)14-10-12(20-2)5-6-13(14)15(16)17-19/h5-6,10-11,19H,3-4,7-9H2,1-2H3,(H2,16,17). The molecule has 1 saturated heterocycles. The SMILES string of the molecule is COc1ccc(/C(N)=N/O)c(N2CCCC(C)CC2)c1. The number of hydrogen-bond donors (Lipinski definition) is 2. The predicted molar refractivity (Wildman–Crippen MR) is 80.7 cm³/mol. The highest BCUT2D eigenvalue weighted by molar-refractivity contribution is 6.02. The maximum Gasteiger partial charge on any atom is 0.172 e. The Morgan fingerprint density at radius 3 is 2.90 bits per heavy atom. The number of hydrogen-bond acceptors (Lipinski definition) is 4. The molecule has 1 atom stereocenters. The van der Waals surface area contributed by atoms with Gasteiger partial charge < -0.3 is 20.6 Å². The van der Waals surface area contributed by atoms with E-state index in [-0.39, 0.29) is 5.84 Å². The summed E-state index contributed by atoms with van der Waals surface area (Å²) in [6.45, 7) is 4.27. The summed E-state index contributed by atoms with van der Waals surface area (Å²) in [6, 6.07) is 5.64. The van der Waals surface area contributed by atoms with Crippen molar-refractivity contribution in [1.82, 2.24) is 0 Å². The van der Waals surface area contributed by atoms with Crippen LogP contribution in [0.25, 0.3) is 0 Å². The predicted octanol–water partition coefficient (Wildman–Crippen LogP) is 2.42. The van der Waals surface area contributed by atoms with Gasteiger partial charge in [0.15, 0.2) is 5.84 Å². The van der Waals surface area contributed by atoms with E-state index < -0.39 is 0 Å². The van der Waals surface area contributed by atoms with Gasteiger partial charge in [0.1, 0.15) is 5.75 Å². The van der Waals surface area contributed by atoms with Gasteiger partial charge in [0.25, 0.3) is 0 Å². The Kier molecular flexibility index (Phi) is 4.71. The first-order valence-electron chi connectivity index (χ1n) is 7.06. The van der Waals surface area contributed by atoms with Crippen molar-refractivity contribution in [2.45, 2.75) is 26.2 Å². The molecule has 1 heterocycles. The zero-order valence-corrected chi connectivity index (χ0v) is 12.2. The number of methoxy groups -OCH3 is 1. The minimum Gasteiger partial charge on any atom is -0.497 e. The Morgan fingerprint density at radius 1 is 1.40 bits per heavy atom. The van der Waals surface area contributed by atoms with Crippen LogP contribution in [0.4, 0.5) is 5.69 Å². The number of amidine groups is 1. The minimum absolute atomic E-state index is 0.139. The van der Waals surface area contributed by atoms with Crippen LogP contribution in [-0.4, -0.2) is 31.2 Å². The first kappa shape index (κ1) is 14.5. The van der Waals surface area contributed by atoms with Gasteiger partial charge >= 0.3 is 0 Å². The largest absolute Gasteiger partial charge is 0.497 e. The summed E-state index contributed by atoms with van der Waals surface area (Å²) in [4.78, 5) is 2.30. The van der Waals surface area contributed by atoms with Gasteiger partial charge in [-0.1, -0.05) is 12.1 Å². The Bertz CT molecular complexity index is 488. The molecule has 20 heavy (non-hydrogen) atoms. The van der Waals surface area contributed by atoms with Crippen LogP contribution in [-0.2, 0) is 0 Å². The molecule has 0 amide bonds. The summed E-state index contributed by atoms with van der Waals surface area (Å²) in [6.07, 6.45) is 3.57. The van der Waals surface area contributed by atoms with Crippen molar-refractivity contribution in [2.75, 3.05) is 25.1 Å². The normalized spacial score (nSPS) is 20.6. The van der Waals surface area contributed by atoms with Crippen LogP contribution >= 0.6 is 0 Å². The third-order valence-electron chi connectivity index (χ3n) is 3.95. The van der Waals surface area contributed by atoms with E-state index in [2.05, 4.69) is 17.0 Å². The van der Waals surface area contributed by atoms with Gasteiger partial charge in [0.05, 0.1) is 12.8 Å². The number of ether oxygens (including phenoxy) is 1. The van der Waals surface area contributed by atoms with E-state index in [9.17, 15) is 0 Å². The molecule has 1 aromatic carbocycles. The topological polar surface area (TPSA) is 71.1 Å². The van der Waals surface area contributed by atoms with Crippen molar-refractivity contribution in [3.8, 4) is 5.75 Å². The zero-order valence-electron chi connectivity index (χ0n) is 12.2. The molecule has 1 aromatic rings. The molecule has 1 aliphatic heterocycles. The number of oxime groups is 1. The summed E-state index contributed by atoms with van der Waals surface area (Å²) >= 11 is 0. The maximum absolute atomic E-state index is 8.95. The first-order valence-corrected chi connectivity index (χ1v) is 7.06. The number of anilines is 1. The molecule has 5 heteroatoms. The summed E-state index contributed by atoms with van der Waals surface area (Å²) < 4.78 is 5.30. The van der Waals surface area contributed by atoms with Crippen LogP contribution in [0.3, 0.4) is 0 Å². The fourth-order valence-corrected chi connectivity index (χ4v) is 2.67. The van der Waals surface area contributed by atoms with E-state index in [1.807, 2.05) is 18.2 Å². The molecule has 3 N–H and O–H groups in total. The quantitative estimate of drug-likeness (QED) is 0.385. The van der Waals surface area contributed by atoms with Crippen LogP contribution < -0.4 is 15.4 Å². The molecule has 0 radical (unpaired) electrons. The van der Waals surface area contributed by atoms with Crippen molar-refractivity contribution >= 4 is 11.5 Å². The van der Waals surface area contributed by atoms with Gasteiger partial charge in [-0.15, -0.1) is 0 Å². The molecule has 1 fully saturated rings. The molecular formula is C15H23N3O2. The smallest absolute Gasteiger partial charge is 0.172 e. The summed E-state index contributed by atoms with van der Waals surface area (Å²) in [5.74, 6) is 1.67. The lowest BCUT2D eigenvalue weighted by Crippen LogP contribution is -2.27. The van der Waals surface area contributed by atoms with Gasteiger partial charge in [-0.3, -0.25) is 0 Å². The molecule has 0 spiro atoms. The third-order valence-corrected chi connectivity index (χ3v) is 3.95. The molecule has 1 unspecified atom stereocenters. The number of nitrogens with two attached hydrogens (primary N) is 1. The second kappa shape index (κ2) is 6.50. The zero-order chi connectivity index (χ0) is 14.5. The molecule has 0 saturated carbocycles. The summed E-state index contributed by atoms with van der Waals surface area (Å²) in [7, 11) is 1.65.